The summed E-state index contributed by atoms with van der Waals surface area (Å²) in [5.74, 6) is 2.28. The molecule has 0 aromatic heterocycles. The molecule has 0 amide bonds. The topological polar surface area (TPSA) is 26.0 Å². The molecule has 0 radical (unpaired) electrons. The van der Waals surface area contributed by atoms with Crippen LogP contribution in [0.5, 0.6) is 0 Å². The molecule has 20 heavy (non-hydrogen) atoms. The van der Waals surface area contributed by atoms with Gasteiger partial charge >= 0.3 is 0 Å². The van der Waals surface area contributed by atoms with Gasteiger partial charge in [0.15, 0.2) is 0 Å². The van der Waals surface area contributed by atoms with Crippen molar-refractivity contribution in [3.8, 4) is 0 Å². The molecule has 2 rings (SSSR count). The number of halogens is 2. The molecule has 1 unspecified atom stereocenters. The van der Waals surface area contributed by atoms with E-state index in [2.05, 4.69) is 13.8 Å². The zero-order chi connectivity index (χ0) is 14.7. The van der Waals surface area contributed by atoms with E-state index in [0.29, 0.717) is 5.92 Å². The largest absolute Gasteiger partial charge is 0.327 e. The molecule has 1 aliphatic carbocycles. The first kappa shape index (κ1) is 16.1. The van der Waals surface area contributed by atoms with Crippen molar-refractivity contribution in [2.45, 2.75) is 52.0 Å². The summed E-state index contributed by atoms with van der Waals surface area (Å²) >= 11 is 12.5. The minimum Gasteiger partial charge on any atom is -0.327 e. The highest BCUT2D eigenvalue weighted by Gasteiger charge is 2.27. The maximum absolute atomic E-state index is 6.42. The predicted octanol–water partition coefficient (Wildman–Crippen LogP) is 5.33. The Morgan fingerprint density at radius 3 is 2.05 bits per heavy atom. The van der Waals surface area contributed by atoms with Crippen molar-refractivity contribution >= 4 is 23.2 Å². The average Bonchev–Trinajstić information content (AvgIpc) is 2.43. The van der Waals surface area contributed by atoms with Gasteiger partial charge in [-0.1, -0.05) is 43.1 Å². The molecule has 2 N–H and O–H groups in total. The predicted molar refractivity (Wildman–Crippen MR) is 88.4 cm³/mol. The monoisotopic (exact) mass is 313 g/mol. The van der Waals surface area contributed by atoms with Crippen LogP contribution in [0.1, 0.15) is 45.1 Å². The van der Waals surface area contributed by atoms with Crippen LogP contribution in [-0.2, 0) is 6.42 Å². The Bertz CT molecular complexity index is 416. The Balaban J connectivity index is 1.94. The molecule has 1 nitrogen and oxygen atoms in total. The Kier molecular flexibility index (Phi) is 5.77. The molecule has 1 aliphatic rings. The number of benzene rings is 1. The van der Waals surface area contributed by atoms with Gasteiger partial charge in [0.2, 0.25) is 0 Å². The number of nitrogens with two attached hydrogens (primary N) is 1. The van der Waals surface area contributed by atoms with E-state index >= 15 is 0 Å². The molecule has 0 spiro atoms. The first-order valence-electron chi connectivity index (χ1n) is 7.67. The zero-order valence-electron chi connectivity index (χ0n) is 12.4. The van der Waals surface area contributed by atoms with E-state index in [0.717, 1.165) is 33.9 Å². The van der Waals surface area contributed by atoms with Crippen molar-refractivity contribution in [1.82, 2.24) is 0 Å². The third-order valence-corrected chi connectivity index (χ3v) is 5.57. The van der Waals surface area contributed by atoms with Crippen LogP contribution in [0.3, 0.4) is 0 Å². The van der Waals surface area contributed by atoms with Crippen LogP contribution in [0.15, 0.2) is 18.2 Å². The first-order valence-corrected chi connectivity index (χ1v) is 8.43. The third-order valence-electron chi connectivity index (χ3n) is 4.87. The van der Waals surface area contributed by atoms with Gasteiger partial charge in [-0.25, -0.2) is 0 Å². The molecule has 1 aromatic rings. The lowest BCUT2D eigenvalue weighted by Crippen LogP contribution is -2.35. The highest BCUT2D eigenvalue weighted by Crippen LogP contribution is 2.36. The maximum atomic E-state index is 6.42. The van der Waals surface area contributed by atoms with Crippen molar-refractivity contribution in [3.63, 3.8) is 0 Å². The summed E-state index contributed by atoms with van der Waals surface area (Å²) in [7, 11) is 0. The van der Waals surface area contributed by atoms with Crippen LogP contribution < -0.4 is 5.73 Å². The van der Waals surface area contributed by atoms with Gasteiger partial charge < -0.3 is 5.73 Å². The van der Waals surface area contributed by atoms with Gasteiger partial charge in [-0.15, -0.1) is 0 Å². The van der Waals surface area contributed by atoms with Gasteiger partial charge in [0.05, 0.1) is 0 Å². The lowest BCUT2D eigenvalue weighted by atomic mass is 9.74. The summed E-state index contributed by atoms with van der Waals surface area (Å²) in [4.78, 5) is 0. The van der Waals surface area contributed by atoms with Gasteiger partial charge in [0, 0.05) is 16.1 Å². The summed E-state index contributed by atoms with van der Waals surface area (Å²) in [6.07, 6.45) is 5.90. The maximum Gasteiger partial charge on any atom is 0.0453 e. The normalized spacial score (nSPS) is 24.9. The molecule has 3 heteroatoms. The molecule has 0 aliphatic heterocycles. The Morgan fingerprint density at radius 2 is 1.55 bits per heavy atom. The molecule has 112 valence electrons. The SMILES string of the molecule is CC(C)C1CCC(C(N)Cc2c(Cl)cccc2Cl)CC1. The van der Waals surface area contributed by atoms with Crippen molar-refractivity contribution in [3.05, 3.63) is 33.8 Å². The molecular formula is C17H25Cl2N. The third kappa shape index (κ3) is 3.90. The number of rotatable bonds is 4. The van der Waals surface area contributed by atoms with E-state index in [4.69, 9.17) is 28.9 Å². The minimum absolute atomic E-state index is 0.167. The smallest absolute Gasteiger partial charge is 0.0453 e. The second kappa shape index (κ2) is 7.15. The van der Waals surface area contributed by atoms with Crippen molar-refractivity contribution in [2.24, 2.45) is 23.5 Å². The fraction of sp³-hybridized carbons (Fsp3) is 0.647. The lowest BCUT2D eigenvalue weighted by Gasteiger charge is -2.34. The van der Waals surface area contributed by atoms with Gasteiger partial charge in [0.1, 0.15) is 0 Å². The summed E-state index contributed by atoms with van der Waals surface area (Å²) in [5, 5.41) is 1.48. The molecule has 1 saturated carbocycles. The Hall–Kier alpha value is -0.240. The van der Waals surface area contributed by atoms with Gasteiger partial charge in [-0.3, -0.25) is 0 Å². The molecular weight excluding hydrogens is 289 g/mol. The van der Waals surface area contributed by atoms with E-state index < -0.39 is 0 Å². The quantitative estimate of drug-likeness (QED) is 0.799. The summed E-state index contributed by atoms with van der Waals surface area (Å²) in [6, 6.07) is 5.84. The van der Waals surface area contributed by atoms with Crippen LogP contribution in [0, 0.1) is 17.8 Å². The standard InChI is InChI=1S/C17H25Cl2N/c1-11(2)12-6-8-13(9-7-12)17(20)10-14-15(18)4-3-5-16(14)19/h3-5,11-13,17H,6-10,20H2,1-2H3. The van der Waals surface area contributed by atoms with Crippen LogP contribution in [0.25, 0.3) is 0 Å². The van der Waals surface area contributed by atoms with Gasteiger partial charge in [-0.2, -0.15) is 0 Å². The second-order valence-electron chi connectivity index (χ2n) is 6.49. The molecule has 1 atom stereocenters. The van der Waals surface area contributed by atoms with Crippen molar-refractivity contribution in [1.29, 1.82) is 0 Å². The Morgan fingerprint density at radius 1 is 1.05 bits per heavy atom. The second-order valence-corrected chi connectivity index (χ2v) is 7.30. The molecule has 0 bridgehead atoms. The highest BCUT2D eigenvalue weighted by atomic mass is 35.5. The molecule has 0 saturated heterocycles. The molecule has 1 fully saturated rings. The minimum atomic E-state index is 0.167. The summed E-state index contributed by atoms with van der Waals surface area (Å²) in [5.41, 5.74) is 7.43. The van der Waals surface area contributed by atoms with Gasteiger partial charge in [-0.05, 0) is 67.6 Å². The highest BCUT2D eigenvalue weighted by molar-refractivity contribution is 6.36. The fourth-order valence-electron chi connectivity index (χ4n) is 3.37. The average molecular weight is 314 g/mol. The molecule has 0 heterocycles. The Labute approximate surface area is 132 Å². The first-order chi connectivity index (χ1) is 9.49. The summed E-state index contributed by atoms with van der Waals surface area (Å²) < 4.78 is 0. The zero-order valence-corrected chi connectivity index (χ0v) is 13.9. The van der Waals surface area contributed by atoms with Crippen LogP contribution in [-0.4, -0.2) is 6.04 Å². The van der Waals surface area contributed by atoms with E-state index in [1.807, 2.05) is 18.2 Å². The van der Waals surface area contributed by atoms with Crippen LogP contribution >= 0.6 is 23.2 Å². The number of hydrogen-bond donors (Lipinski definition) is 1. The summed E-state index contributed by atoms with van der Waals surface area (Å²) in [6.45, 7) is 4.66. The van der Waals surface area contributed by atoms with E-state index in [9.17, 15) is 0 Å². The van der Waals surface area contributed by atoms with Crippen molar-refractivity contribution < 1.29 is 0 Å². The molecule has 1 aromatic carbocycles. The number of hydrogen-bond acceptors (Lipinski definition) is 1. The fourth-order valence-corrected chi connectivity index (χ4v) is 3.92. The van der Waals surface area contributed by atoms with Crippen molar-refractivity contribution in [2.75, 3.05) is 0 Å². The van der Waals surface area contributed by atoms with E-state index in [-0.39, 0.29) is 6.04 Å². The van der Waals surface area contributed by atoms with E-state index in [1.54, 1.807) is 0 Å². The van der Waals surface area contributed by atoms with Crippen LogP contribution in [0.4, 0.5) is 0 Å². The van der Waals surface area contributed by atoms with E-state index in [1.165, 1.54) is 25.7 Å². The van der Waals surface area contributed by atoms with Gasteiger partial charge in [0.25, 0.3) is 0 Å². The van der Waals surface area contributed by atoms with Crippen LogP contribution in [0.2, 0.25) is 10.0 Å². The lowest BCUT2D eigenvalue weighted by molar-refractivity contribution is 0.202.